The lowest BCUT2D eigenvalue weighted by Gasteiger charge is -2.26. The molecule has 0 N–H and O–H groups in total. The summed E-state index contributed by atoms with van der Waals surface area (Å²) in [6.07, 6.45) is 0. The number of hydrogen-bond acceptors (Lipinski definition) is 5. The Hall–Kier alpha value is -2.00. The lowest BCUT2D eigenvalue weighted by molar-refractivity contribution is -0.124. The van der Waals surface area contributed by atoms with Crippen LogP contribution < -0.4 is 0 Å². The molecule has 2 rings (SSSR count). The lowest BCUT2D eigenvalue weighted by atomic mass is 10.2. The smallest absolute Gasteiger partial charge is 0.282 e. The summed E-state index contributed by atoms with van der Waals surface area (Å²) in [4.78, 5) is 18.6. The van der Waals surface area contributed by atoms with Crippen LogP contribution >= 0.6 is 11.8 Å². The molecule has 98 valence electrons. The van der Waals surface area contributed by atoms with Crippen molar-refractivity contribution in [1.29, 1.82) is 5.26 Å². The minimum Gasteiger partial charge on any atom is -0.379 e. The third-order valence-electron chi connectivity index (χ3n) is 2.56. The normalized spacial score (nSPS) is 17.3. The predicted molar refractivity (Wildman–Crippen MR) is 73.3 cm³/mol. The van der Waals surface area contributed by atoms with Crippen molar-refractivity contribution in [3.05, 3.63) is 35.9 Å². The van der Waals surface area contributed by atoms with Crippen LogP contribution in [-0.4, -0.2) is 34.8 Å². The highest BCUT2D eigenvalue weighted by Gasteiger charge is 2.26. The van der Waals surface area contributed by atoms with Gasteiger partial charge in [-0.1, -0.05) is 47.2 Å². The molecule has 0 atom stereocenters. The molecule has 1 saturated heterocycles. The van der Waals surface area contributed by atoms with Crippen molar-refractivity contribution < 1.29 is 9.63 Å². The van der Waals surface area contributed by atoms with Gasteiger partial charge < -0.3 is 9.74 Å². The molecule has 0 unspecified atom stereocenters. The quantitative estimate of drug-likeness (QED) is 0.618. The zero-order valence-electron chi connectivity index (χ0n) is 10.3. The molecule has 1 heterocycles. The molecule has 1 amide bonds. The largest absolute Gasteiger partial charge is 0.379 e. The summed E-state index contributed by atoms with van der Waals surface area (Å²) in [6.45, 7) is 1.11. The van der Waals surface area contributed by atoms with Crippen molar-refractivity contribution >= 4 is 22.7 Å². The van der Waals surface area contributed by atoms with Crippen molar-refractivity contribution in [2.24, 2.45) is 5.16 Å². The van der Waals surface area contributed by atoms with Crippen molar-refractivity contribution in [2.75, 3.05) is 18.9 Å². The van der Waals surface area contributed by atoms with Crippen molar-refractivity contribution in [3.63, 3.8) is 0 Å². The van der Waals surface area contributed by atoms with E-state index in [0.29, 0.717) is 18.1 Å². The van der Waals surface area contributed by atoms with E-state index < -0.39 is 0 Å². The summed E-state index contributed by atoms with van der Waals surface area (Å²) in [5.74, 6) is 0.644. The SMILES string of the molecule is N#CCON=C1SCCN(Cc2ccccc2)C1=O. The Morgan fingerprint density at radius 1 is 1.42 bits per heavy atom. The number of carbonyl (C=O) groups is 1. The first-order valence-electron chi connectivity index (χ1n) is 5.84. The van der Waals surface area contributed by atoms with E-state index >= 15 is 0 Å². The topological polar surface area (TPSA) is 65.7 Å². The van der Waals surface area contributed by atoms with Crippen LogP contribution in [0.5, 0.6) is 0 Å². The first kappa shape index (κ1) is 13.4. The molecule has 0 aromatic heterocycles. The first-order chi connectivity index (χ1) is 9.31. The fraction of sp³-hybridized carbons (Fsp3) is 0.308. The van der Waals surface area contributed by atoms with Gasteiger partial charge in [-0.05, 0) is 5.56 Å². The van der Waals surface area contributed by atoms with Crippen molar-refractivity contribution in [3.8, 4) is 6.07 Å². The molecule has 1 aromatic carbocycles. The average molecular weight is 275 g/mol. The van der Waals surface area contributed by atoms with Gasteiger partial charge in [0.25, 0.3) is 5.91 Å². The van der Waals surface area contributed by atoms with Gasteiger partial charge >= 0.3 is 0 Å². The fourth-order valence-electron chi connectivity index (χ4n) is 1.69. The number of thioether (sulfide) groups is 1. The van der Waals surface area contributed by atoms with Gasteiger partial charge in [0.1, 0.15) is 6.07 Å². The molecule has 0 bridgehead atoms. The highest BCUT2D eigenvalue weighted by atomic mass is 32.2. The Balaban J connectivity index is 2.00. The average Bonchev–Trinajstić information content (AvgIpc) is 2.44. The Kier molecular flexibility index (Phi) is 4.81. The summed E-state index contributed by atoms with van der Waals surface area (Å²) >= 11 is 1.36. The second kappa shape index (κ2) is 6.81. The third kappa shape index (κ3) is 3.73. The van der Waals surface area contributed by atoms with E-state index in [4.69, 9.17) is 10.1 Å². The zero-order chi connectivity index (χ0) is 13.5. The number of rotatable bonds is 4. The van der Waals surface area contributed by atoms with E-state index in [2.05, 4.69) is 5.16 Å². The summed E-state index contributed by atoms with van der Waals surface area (Å²) in [5.41, 5.74) is 1.08. The van der Waals surface area contributed by atoms with Crippen LogP contribution in [0.2, 0.25) is 0 Å². The van der Waals surface area contributed by atoms with Crippen LogP contribution in [-0.2, 0) is 16.2 Å². The molecule has 1 aromatic rings. The van der Waals surface area contributed by atoms with Gasteiger partial charge in [-0.3, -0.25) is 4.79 Å². The molecule has 0 aliphatic carbocycles. The number of nitriles is 1. The van der Waals surface area contributed by atoms with E-state index in [1.54, 1.807) is 4.90 Å². The van der Waals surface area contributed by atoms with Crippen LogP contribution in [0.4, 0.5) is 0 Å². The molecule has 19 heavy (non-hydrogen) atoms. The Morgan fingerprint density at radius 2 is 2.21 bits per heavy atom. The van der Waals surface area contributed by atoms with Gasteiger partial charge in [0.15, 0.2) is 0 Å². The molecular weight excluding hydrogens is 262 g/mol. The number of oxime groups is 1. The monoisotopic (exact) mass is 275 g/mol. The molecular formula is C13H13N3O2S. The fourth-order valence-corrected chi connectivity index (χ4v) is 2.55. The van der Waals surface area contributed by atoms with E-state index in [-0.39, 0.29) is 12.5 Å². The molecule has 0 radical (unpaired) electrons. The molecule has 1 aliphatic rings. The van der Waals surface area contributed by atoms with Gasteiger partial charge in [0.2, 0.25) is 11.7 Å². The maximum Gasteiger partial charge on any atom is 0.282 e. The Morgan fingerprint density at radius 3 is 2.95 bits per heavy atom. The van der Waals surface area contributed by atoms with Crippen LogP contribution in [0.3, 0.4) is 0 Å². The van der Waals surface area contributed by atoms with Gasteiger partial charge in [0.05, 0.1) is 0 Å². The maximum atomic E-state index is 12.1. The number of nitrogens with zero attached hydrogens (tertiary/aromatic N) is 3. The number of hydrogen-bond donors (Lipinski definition) is 0. The lowest BCUT2D eigenvalue weighted by Crippen LogP contribution is -2.40. The van der Waals surface area contributed by atoms with Crippen molar-refractivity contribution in [1.82, 2.24) is 4.90 Å². The van der Waals surface area contributed by atoms with Gasteiger partial charge in [-0.15, -0.1) is 0 Å². The standard InChI is InChI=1S/C13H13N3O2S/c14-6-8-18-15-12-13(17)16(7-9-19-12)10-11-4-2-1-3-5-11/h1-5H,7-10H2. The van der Waals surface area contributed by atoms with E-state index in [1.165, 1.54) is 11.8 Å². The summed E-state index contributed by atoms with van der Waals surface area (Å²) in [6, 6.07) is 11.6. The Labute approximate surface area is 115 Å². The van der Waals surface area contributed by atoms with Gasteiger partial charge in [0, 0.05) is 18.8 Å². The van der Waals surface area contributed by atoms with Crippen LogP contribution in [0.25, 0.3) is 0 Å². The molecule has 0 saturated carbocycles. The van der Waals surface area contributed by atoms with E-state index in [0.717, 1.165) is 11.3 Å². The third-order valence-corrected chi connectivity index (χ3v) is 3.47. The summed E-state index contributed by atoms with van der Waals surface area (Å²) in [7, 11) is 0. The maximum absolute atomic E-state index is 12.1. The molecule has 5 nitrogen and oxygen atoms in total. The summed E-state index contributed by atoms with van der Waals surface area (Å²) < 4.78 is 0. The zero-order valence-corrected chi connectivity index (χ0v) is 11.1. The van der Waals surface area contributed by atoms with Crippen LogP contribution in [0, 0.1) is 11.3 Å². The van der Waals surface area contributed by atoms with Gasteiger partial charge in [-0.25, -0.2) is 0 Å². The van der Waals surface area contributed by atoms with Crippen LogP contribution in [0.1, 0.15) is 5.56 Å². The summed E-state index contributed by atoms with van der Waals surface area (Å²) in [5, 5.41) is 12.4. The molecule has 1 fully saturated rings. The second-order valence-electron chi connectivity index (χ2n) is 3.89. The van der Waals surface area contributed by atoms with E-state index in [9.17, 15) is 4.79 Å². The minimum absolute atomic E-state index is 0.141. The molecule has 0 spiro atoms. The van der Waals surface area contributed by atoms with Crippen molar-refractivity contribution in [2.45, 2.75) is 6.54 Å². The second-order valence-corrected chi connectivity index (χ2v) is 4.97. The number of amides is 1. The molecule has 1 aliphatic heterocycles. The minimum atomic E-state index is -0.143. The predicted octanol–water partition coefficient (Wildman–Crippen LogP) is 1.62. The Bertz CT molecular complexity index is 510. The highest BCUT2D eigenvalue weighted by Crippen LogP contribution is 2.17. The van der Waals surface area contributed by atoms with E-state index in [1.807, 2.05) is 36.4 Å². The highest BCUT2D eigenvalue weighted by molar-refractivity contribution is 8.15. The number of benzene rings is 1. The van der Waals surface area contributed by atoms with Crippen LogP contribution in [0.15, 0.2) is 35.5 Å². The molecule has 6 heteroatoms. The number of carbonyl (C=O) groups excluding carboxylic acids is 1. The van der Waals surface area contributed by atoms with Gasteiger partial charge in [-0.2, -0.15) is 5.26 Å². The first-order valence-corrected chi connectivity index (χ1v) is 6.82.